The molecule has 0 heterocycles. The highest BCUT2D eigenvalue weighted by Gasteiger charge is 2.27. The Morgan fingerprint density at radius 1 is 0.867 bits per heavy atom. The molecule has 0 aromatic heterocycles. The molecule has 1 amide bonds. The minimum Gasteiger partial charge on any atom is -0.452 e. The second-order valence-corrected chi connectivity index (χ2v) is 7.00. The van der Waals surface area contributed by atoms with E-state index in [9.17, 15) is 14.0 Å². The van der Waals surface area contributed by atoms with E-state index in [2.05, 4.69) is 5.32 Å². The van der Waals surface area contributed by atoms with Crippen LogP contribution in [0.25, 0.3) is 0 Å². The lowest BCUT2D eigenvalue weighted by molar-refractivity contribution is -0.155. The van der Waals surface area contributed by atoms with E-state index in [-0.39, 0.29) is 11.7 Å². The molecule has 5 heteroatoms. The van der Waals surface area contributed by atoms with Crippen LogP contribution in [0.2, 0.25) is 0 Å². The lowest BCUT2D eigenvalue weighted by Crippen LogP contribution is -2.37. The van der Waals surface area contributed by atoms with Crippen molar-refractivity contribution in [1.82, 2.24) is 5.32 Å². The molecule has 0 fully saturated rings. The Labute approximate surface area is 175 Å². The quantitative estimate of drug-likeness (QED) is 0.570. The van der Waals surface area contributed by atoms with Crippen molar-refractivity contribution in [1.29, 1.82) is 0 Å². The second-order valence-electron chi connectivity index (χ2n) is 7.00. The Hall–Kier alpha value is -3.47. The molecule has 3 aromatic rings. The first-order valence-electron chi connectivity index (χ1n) is 9.87. The molecule has 3 rings (SSSR count). The zero-order valence-corrected chi connectivity index (χ0v) is 16.8. The topological polar surface area (TPSA) is 55.4 Å². The molecule has 0 spiro atoms. The number of halogens is 1. The zero-order chi connectivity index (χ0) is 21.3. The second kappa shape index (κ2) is 10.3. The Morgan fingerprint density at radius 3 is 1.93 bits per heavy atom. The van der Waals surface area contributed by atoms with E-state index in [0.29, 0.717) is 13.0 Å². The van der Waals surface area contributed by atoms with E-state index in [0.717, 1.165) is 16.7 Å². The third kappa shape index (κ3) is 5.77. The van der Waals surface area contributed by atoms with E-state index < -0.39 is 18.0 Å². The van der Waals surface area contributed by atoms with Crippen LogP contribution in [0.15, 0.2) is 84.9 Å². The van der Waals surface area contributed by atoms with E-state index >= 15 is 0 Å². The van der Waals surface area contributed by atoms with Gasteiger partial charge in [-0.2, -0.15) is 0 Å². The normalized spacial score (nSPS) is 11.7. The van der Waals surface area contributed by atoms with Gasteiger partial charge in [-0.3, -0.25) is 9.59 Å². The maximum atomic E-state index is 13.0. The number of ether oxygens (including phenoxy) is 1. The van der Waals surface area contributed by atoms with Gasteiger partial charge < -0.3 is 10.1 Å². The molecule has 1 atom stereocenters. The van der Waals surface area contributed by atoms with Crippen molar-refractivity contribution in [3.05, 3.63) is 107 Å². The SMILES string of the molecule is C[C@H](OC(=O)C(c1ccccc1)c1ccccc1)C(=O)NCCc1ccc(F)cc1. The molecule has 0 bridgehead atoms. The maximum Gasteiger partial charge on any atom is 0.318 e. The number of nitrogens with one attached hydrogen (secondary N) is 1. The minimum absolute atomic E-state index is 0.297. The molecular formula is C25H24FNO3. The third-order valence-electron chi connectivity index (χ3n) is 4.79. The van der Waals surface area contributed by atoms with Crippen molar-refractivity contribution in [2.45, 2.75) is 25.4 Å². The Bertz CT molecular complexity index is 919. The Balaban J connectivity index is 1.60. The summed E-state index contributed by atoms with van der Waals surface area (Å²) in [7, 11) is 0. The summed E-state index contributed by atoms with van der Waals surface area (Å²) in [5.74, 6) is -1.75. The molecule has 0 aliphatic heterocycles. The summed E-state index contributed by atoms with van der Waals surface area (Å²) in [4.78, 5) is 25.3. The highest BCUT2D eigenvalue weighted by Crippen LogP contribution is 2.26. The number of benzene rings is 3. The molecule has 0 saturated heterocycles. The molecule has 1 N–H and O–H groups in total. The van der Waals surface area contributed by atoms with Gasteiger partial charge >= 0.3 is 5.97 Å². The first-order chi connectivity index (χ1) is 14.5. The fourth-order valence-corrected chi connectivity index (χ4v) is 3.18. The van der Waals surface area contributed by atoms with Crippen molar-refractivity contribution in [3.63, 3.8) is 0 Å². The lowest BCUT2D eigenvalue weighted by Gasteiger charge is -2.20. The van der Waals surface area contributed by atoms with Crippen molar-refractivity contribution >= 4 is 11.9 Å². The van der Waals surface area contributed by atoms with Crippen molar-refractivity contribution in [2.75, 3.05) is 6.54 Å². The van der Waals surface area contributed by atoms with Gasteiger partial charge in [0, 0.05) is 6.54 Å². The number of hydrogen-bond donors (Lipinski definition) is 1. The van der Waals surface area contributed by atoms with E-state index in [1.807, 2.05) is 60.7 Å². The van der Waals surface area contributed by atoms with Crippen LogP contribution in [-0.2, 0) is 20.7 Å². The van der Waals surface area contributed by atoms with Gasteiger partial charge in [-0.25, -0.2) is 4.39 Å². The summed E-state index contributed by atoms with van der Waals surface area (Å²) in [6, 6.07) is 24.8. The Morgan fingerprint density at radius 2 is 1.40 bits per heavy atom. The molecule has 0 unspecified atom stereocenters. The summed E-state index contributed by atoms with van der Waals surface area (Å²) in [5.41, 5.74) is 2.52. The standard InChI is InChI=1S/C25H24FNO3/c1-18(24(28)27-17-16-19-12-14-22(26)15-13-19)30-25(29)23(20-8-4-2-5-9-20)21-10-6-3-7-11-21/h2-15,18,23H,16-17H2,1H3,(H,27,28)/t18-/m0/s1. The van der Waals surface area contributed by atoms with Crippen LogP contribution in [0, 0.1) is 5.82 Å². The summed E-state index contributed by atoms with van der Waals surface area (Å²) < 4.78 is 18.5. The van der Waals surface area contributed by atoms with Crippen molar-refractivity contribution < 1.29 is 18.7 Å². The average Bonchev–Trinajstić information content (AvgIpc) is 2.76. The van der Waals surface area contributed by atoms with Crippen LogP contribution in [-0.4, -0.2) is 24.5 Å². The molecule has 4 nitrogen and oxygen atoms in total. The van der Waals surface area contributed by atoms with Crippen LogP contribution in [0.5, 0.6) is 0 Å². The maximum absolute atomic E-state index is 13.0. The number of hydrogen-bond acceptors (Lipinski definition) is 3. The Kier molecular flexibility index (Phi) is 7.33. The summed E-state index contributed by atoms with van der Waals surface area (Å²) >= 11 is 0. The number of esters is 1. The fraction of sp³-hybridized carbons (Fsp3) is 0.200. The van der Waals surface area contributed by atoms with Crippen molar-refractivity contribution in [3.8, 4) is 0 Å². The molecule has 30 heavy (non-hydrogen) atoms. The molecule has 0 saturated carbocycles. The van der Waals surface area contributed by atoms with Crippen LogP contribution >= 0.6 is 0 Å². The van der Waals surface area contributed by atoms with Gasteiger partial charge in [-0.05, 0) is 42.2 Å². The van der Waals surface area contributed by atoms with Crippen LogP contribution in [0.4, 0.5) is 4.39 Å². The van der Waals surface area contributed by atoms with Gasteiger partial charge in [0.1, 0.15) is 11.7 Å². The van der Waals surface area contributed by atoms with E-state index in [1.165, 1.54) is 12.1 Å². The van der Waals surface area contributed by atoms with E-state index in [1.54, 1.807) is 19.1 Å². The number of carbonyl (C=O) groups is 2. The smallest absolute Gasteiger partial charge is 0.318 e. The largest absolute Gasteiger partial charge is 0.452 e. The van der Waals surface area contributed by atoms with Crippen LogP contribution < -0.4 is 5.32 Å². The minimum atomic E-state index is -0.930. The summed E-state index contributed by atoms with van der Waals surface area (Å²) in [5, 5.41) is 2.76. The molecule has 3 aromatic carbocycles. The molecule has 154 valence electrons. The van der Waals surface area contributed by atoms with Gasteiger partial charge in [-0.15, -0.1) is 0 Å². The molecule has 0 aliphatic carbocycles. The third-order valence-corrected chi connectivity index (χ3v) is 4.79. The molecule has 0 radical (unpaired) electrons. The number of amides is 1. The highest BCUT2D eigenvalue weighted by molar-refractivity contribution is 5.87. The van der Waals surface area contributed by atoms with Gasteiger partial charge in [0.25, 0.3) is 5.91 Å². The monoisotopic (exact) mass is 405 g/mol. The fourth-order valence-electron chi connectivity index (χ4n) is 3.18. The number of carbonyl (C=O) groups excluding carboxylic acids is 2. The molecular weight excluding hydrogens is 381 g/mol. The average molecular weight is 405 g/mol. The zero-order valence-electron chi connectivity index (χ0n) is 16.8. The van der Waals surface area contributed by atoms with E-state index in [4.69, 9.17) is 4.74 Å². The van der Waals surface area contributed by atoms with Crippen LogP contribution in [0.3, 0.4) is 0 Å². The first-order valence-corrected chi connectivity index (χ1v) is 9.87. The number of rotatable bonds is 8. The van der Waals surface area contributed by atoms with Gasteiger partial charge in [-0.1, -0.05) is 72.8 Å². The van der Waals surface area contributed by atoms with Gasteiger partial charge in [0.05, 0.1) is 0 Å². The lowest BCUT2D eigenvalue weighted by atomic mass is 9.91. The predicted octanol–water partition coefficient (Wildman–Crippen LogP) is 4.25. The molecule has 0 aliphatic rings. The summed E-state index contributed by atoms with van der Waals surface area (Å²) in [6.07, 6.45) is -0.371. The van der Waals surface area contributed by atoms with Gasteiger partial charge in [0.2, 0.25) is 0 Å². The van der Waals surface area contributed by atoms with Crippen molar-refractivity contribution in [2.24, 2.45) is 0 Å². The van der Waals surface area contributed by atoms with Gasteiger partial charge in [0.15, 0.2) is 6.10 Å². The van der Waals surface area contributed by atoms with Crippen LogP contribution in [0.1, 0.15) is 29.5 Å². The first kappa shape index (κ1) is 21.2. The summed E-state index contributed by atoms with van der Waals surface area (Å²) in [6.45, 7) is 1.92. The highest BCUT2D eigenvalue weighted by atomic mass is 19.1. The predicted molar refractivity (Wildman–Crippen MR) is 113 cm³/mol.